The molecule has 1 saturated heterocycles. The first-order valence-corrected chi connectivity index (χ1v) is 7.28. The third-order valence-corrected chi connectivity index (χ3v) is 4.36. The Kier molecular flexibility index (Phi) is 5.72. The lowest BCUT2D eigenvalue weighted by Gasteiger charge is -2.45. The Morgan fingerprint density at radius 3 is 2.14 bits per heavy atom. The van der Waals surface area contributed by atoms with Gasteiger partial charge in [0.05, 0.1) is 12.1 Å². The topological polar surface area (TPSA) is 203 Å². The molecule has 12 N–H and O–H groups in total. The molecule has 2 fully saturated rings. The second-order valence-corrected chi connectivity index (χ2v) is 5.98. The lowest BCUT2D eigenvalue weighted by Crippen LogP contribution is -2.67. The predicted octanol–water partition coefficient (Wildman–Crippen LogP) is -5.12. The normalized spacial score (nSPS) is 53.5. The molecule has 0 aromatic rings. The van der Waals surface area contributed by atoms with Crippen molar-refractivity contribution < 1.29 is 29.9 Å². The van der Waals surface area contributed by atoms with E-state index in [1.54, 1.807) is 0 Å². The summed E-state index contributed by atoms with van der Waals surface area (Å²) in [6.45, 7) is -0.0441. The summed E-state index contributed by atoms with van der Waals surface area (Å²) in [4.78, 5) is 0. The molecule has 22 heavy (non-hydrogen) atoms. The lowest BCUT2D eigenvalue weighted by molar-refractivity contribution is -0.287. The zero-order valence-corrected chi connectivity index (χ0v) is 12.1. The van der Waals surface area contributed by atoms with Gasteiger partial charge in [-0.25, -0.2) is 0 Å². The molecule has 0 bridgehead atoms. The molecule has 0 aromatic carbocycles. The Labute approximate surface area is 128 Å². The van der Waals surface area contributed by atoms with Crippen LogP contribution in [0.2, 0.25) is 0 Å². The van der Waals surface area contributed by atoms with E-state index >= 15 is 0 Å². The van der Waals surface area contributed by atoms with Crippen LogP contribution in [0.5, 0.6) is 0 Å². The van der Waals surface area contributed by atoms with Crippen LogP contribution in [0.1, 0.15) is 6.42 Å². The van der Waals surface area contributed by atoms with Gasteiger partial charge in [-0.15, -0.1) is 0 Å². The van der Waals surface area contributed by atoms with Crippen LogP contribution < -0.4 is 22.9 Å². The van der Waals surface area contributed by atoms with Gasteiger partial charge in [0.15, 0.2) is 6.29 Å². The van der Waals surface area contributed by atoms with Crippen molar-refractivity contribution >= 4 is 0 Å². The van der Waals surface area contributed by atoms with Crippen molar-refractivity contribution in [2.75, 3.05) is 6.54 Å². The SMILES string of the molecule is NC[C@@H]1O[C@H](O[C@H]2[C@@H](O)[C@@H](O)[C@H](N)C[C@H]2N)[C@H](N)[C@H](O)[C@@H]1O. The molecule has 2 aliphatic rings. The maximum absolute atomic E-state index is 10.1. The summed E-state index contributed by atoms with van der Waals surface area (Å²) in [5.74, 6) is 0. The minimum Gasteiger partial charge on any atom is -0.389 e. The molecule has 10 nitrogen and oxygen atoms in total. The van der Waals surface area contributed by atoms with Crippen molar-refractivity contribution in [3.63, 3.8) is 0 Å². The van der Waals surface area contributed by atoms with Crippen LogP contribution in [-0.2, 0) is 9.47 Å². The Morgan fingerprint density at radius 2 is 1.55 bits per heavy atom. The summed E-state index contributed by atoms with van der Waals surface area (Å²) in [5.41, 5.74) is 22.8. The highest BCUT2D eigenvalue weighted by molar-refractivity contribution is 4.99. The molecular weight excluding hydrogens is 296 g/mol. The number of rotatable bonds is 3. The van der Waals surface area contributed by atoms with Crippen LogP contribution in [0.25, 0.3) is 0 Å². The van der Waals surface area contributed by atoms with E-state index in [4.69, 9.17) is 32.4 Å². The van der Waals surface area contributed by atoms with Crippen LogP contribution >= 0.6 is 0 Å². The van der Waals surface area contributed by atoms with Crippen molar-refractivity contribution in [3.05, 3.63) is 0 Å². The van der Waals surface area contributed by atoms with E-state index in [0.29, 0.717) is 0 Å². The molecule has 1 saturated carbocycles. The predicted molar refractivity (Wildman–Crippen MR) is 75.2 cm³/mol. The van der Waals surface area contributed by atoms with Crippen molar-refractivity contribution in [3.8, 4) is 0 Å². The zero-order chi connectivity index (χ0) is 16.6. The number of hydrogen-bond donors (Lipinski definition) is 8. The van der Waals surface area contributed by atoms with Gasteiger partial charge in [0.25, 0.3) is 0 Å². The van der Waals surface area contributed by atoms with Gasteiger partial charge in [0.1, 0.15) is 30.5 Å². The molecule has 10 heteroatoms. The highest BCUT2D eigenvalue weighted by Crippen LogP contribution is 2.26. The van der Waals surface area contributed by atoms with Crippen LogP contribution in [0.4, 0.5) is 0 Å². The van der Waals surface area contributed by atoms with Crippen LogP contribution in [0.15, 0.2) is 0 Å². The minimum atomic E-state index is -1.31. The molecule has 10 atom stereocenters. The first-order valence-electron chi connectivity index (χ1n) is 7.28. The number of aliphatic hydroxyl groups is 4. The quantitative estimate of drug-likeness (QED) is 0.248. The number of aliphatic hydroxyl groups excluding tert-OH is 4. The fraction of sp³-hybridized carbons (Fsp3) is 1.00. The van der Waals surface area contributed by atoms with Gasteiger partial charge in [-0.05, 0) is 6.42 Å². The number of nitrogens with two attached hydrogens (primary N) is 4. The van der Waals surface area contributed by atoms with E-state index < -0.39 is 61.0 Å². The number of hydrogen-bond acceptors (Lipinski definition) is 10. The van der Waals surface area contributed by atoms with E-state index in [1.807, 2.05) is 0 Å². The van der Waals surface area contributed by atoms with Crippen molar-refractivity contribution in [2.45, 2.75) is 67.5 Å². The van der Waals surface area contributed by atoms with Gasteiger partial charge in [-0.1, -0.05) is 0 Å². The molecule has 0 radical (unpaired) electrons. The third-order valence-electron chi connectivity index (χ3n) is 4.36. The average molecular weight is 322 g/mol. The van der Waals surface area contributed by atoms with Crippen LogP contribution in [0, 0.1) is 0 Å². The molecule has 130 valence electrons. The summed E-state index contributed by atoms with van der Waals surface area (Å²) in [7, 11) is 0. The van der Waals surface area contributed by atoms with E-state index in [9.17, 15) is 20.4 Å². The summed E-state index contributed by atoms with van der Waals surface area (Å²) >= 11 is 0. The molecule has 1 aliphatic carbocycles. The highest BCUT2D eigenvalue weighted by Gasteiger charge is 2.47. The van der Waals surface area contributed by atoms with Gasteiger partial charge in [-0.2, -0.15) is 0 Å². The van der Waals surface area contributed by atoms with Crippen molar-refractivity contribution in [1.29, 1.82) is 0 Å². The van der Waals surface area contributed by atoms with Gasteiger partial charge in [0, 0.05) is 18.6 Å². The molecule has 2 rings (SSSR count). The Bertz CT molecular complexity index is 376. The Hall–Kier alpha value is -0.400. The van der Waals surface area contributed by atoms with Gasteiger partial charge < -0.3 is 52.8 Å². The van der Waals surface area contributed by atoms with Crippen molar-refractivity contribution in [1.82, 2.24) is 0 Å². The summed E-state index contributed by atoms with van der Waals surface area (Å²) in [6.07, 6.45) is -7.73. The molecule has 0 amide bonds. The second kappa shape index (κ2) is 7.01. The fourth-order valence-electron chi connectivity index (χ4n) is 2.89. The highest BCUT2D eigenvalue weighted by atomic mass is 16.7. The molecule has 0 aromatic heterocycles. The smallest absolute Gasteiger partial charge is 0.176 e. The zero-order valence-electron chi connectivity index (χ0n) is 12.1. The fourth-order valence-corrected chi connectivity index (χ4v) is 2.89. The average Bonchev–Trinajstić information content (AvgIpc) is 2.49. The maximum atomic E-state index is 10.1. The monoisotopic (exact) mass is 322 g/mol. The summed E-state index contributed by atoms with van der Waals surface area (Å²) in [6, 6.07) is -2.34. The third kappa shape index (κ3) is 3.26. The van der Waals surface area contributed by atoms with Crippen molar-refractivity contribution in [2.24, 2.45) is 22.9 Å². The molecule has 0 spiro atoms. The molecule has 0 unspecified atom stereocenters. The summed E-state index contributed by atoms with van der Waals surface area (Å²) in [5, 5.41) is 39.6. The van der Waals surface area contributed by atoms with E-state index in [0.717, 1.165) is 0 Å². The molecule has 1 aliphatic heterocycles. The first-order chi connectivity index (χ1) is 10.3. The number of ether oxygens (including phenoxy) is 2. The Balaban J connectivity index is 2.08. The molecule has 1 heterocycles. The van der Waals surface area contributed by atoms with E-state index in [1.165, 1.54) is 0 Å². The minimum absolute atomic E-state index is 0.0441. The second-order valence-electron chi connectivity index (χ2n) is 5.98. The van der Waals surface area contributed by atoms with Crippen LogP contribution in [0.3, 0.4) is 0 Å². The first kappa shape index (κ1) is 17.9. The van der Waals surface area contributed by atoms with Gasteiger partial charge in [-0.3, -0.25) is 0 Å². The maximum Gasteiger partial charge on any atom is 0.176 e. The summed E-state index contributed by atoms with van der Waals surface area (Å²) < 4.78 is 11.0. The molecular formula is C12H26N4O6. The lowest BCUT2D eigenvalue weighted by atomic mass is 9.84. The van der Waals surface area contributed by atoms with E-state index in [2.05, 4.69) is 0 Å². The van der Waals surface area contributed by atoms with Gasteiger partial charge in [0.2, 0.25) is 0 Å². The Morgan fingerprint density at radius 1 is 0.909 bits per heavy atom. The largest absolute Gasteiger partial charge is 0.389 e. The van der Waals surface area contributed by atoms with Gasteiger partial charge >= 0.3 is 0 Å². The van der Waals surface area contributed by atoms with Crippen LogP contribution in [-0.4, -0.2) is 88.0 Å². The van der Waals surface area contributed by atoms with E-state index in [-0.39, 0.29) is 13.0 Å². The standard InChI is InChI=1S/C12H26N4O6/c13-2-5-8(18)9(19)6(16)12(21-5)22-11-4(15)1-3(14)7(17)10(11)20/h3-12,17-20H,1-2,13-16H2/t3-,4-,5+,6-,7+,8-,9+,10+,11-,12-/m1/s1.